The number of nitrogens with one attached hydrogen (secondary N) is 2. The maximum absolute atomic E-state index is 11.9. The van der Waals surface area contributed by atoms with Gasteiger partial charge >= 0.3 is 0 Å². The molecule has 4 nitrogen and oxygen atoms in total. The van der Waals surface area contributed by atoms with Gasteiger partial charge in [0.15, 0.2) is 0 Å². The fraction of sp³-hybridized carbons (Fsp3) is 0.462. The molecule has 0 spiro atoms. The van der Waals surface area contributed by atoms with Gasteiger partial charge in [0, 0.05) is 12.6 Å². The lowest BCUT2D eigenvalue weighted by Gasteiger charge is -2.11. The fourth-order valence-corrected chi connectivity index (χ4v) is 2.35. The zero-order valence-corrected chi connectivity index (χ0v) is 10.8. The van der Waals surface area contributed by atoms with E-state index in [-0.39, 0.29) is 11.7 Å². The Kier molecular flexibility index (Phi) is 4.44. The molecule has 1 atom stereocenters. The number of carbonyl (C=O) groups excluding carboxylic acids is 1. The summed E-state index contributed by atoms with van der Waals surface area (Å²) in [6.45, 7) is 1.68. The summed E-state index contributed by atoms with van der Waals surface area (Å²) in [5.74, 6) is -0.198. The van der Waals surface area contributed by atoms with Crippen LogP contribution >= 0.6 is 11.6 Å². The summed E-state index contributed by atoms with van der Waals surface area (Å²) >= 11 is 5.91. The molecule has 1 amide bonds. The Balaban J connectivity index is 1.85. The van der Waals surface area contributed by atoms with Gasteiger partial charge in [-0.15, -0.1) is 0 Å². The van der Waals surface area contributed by atoms with Crippen LogP contribution in [-0.4, -0.2) is 30.1 Å². The van der Waals surface area contributed by atoms with Gasteiger partial charge in [0.1, 0.15) is 5.75 Å². The number of benzene rings is 1. The van der Waals surface area contributed by atoms with E-state index in [4.69, 9.17) is 11.6 Å². The molecule has 18 heavy (non-hydrogen) atoms. The third kappa shape index (κ3) is 3.37. The van der Waals surface area contributed by atoms with Crippen LogP contribution in [-0.2, 0) is 0 Å². The van der Waals surface area contributed by atoms with E-state index < -0.39 is 0 Å². The van der Waals surface area contributed by atoms with E-state index in [1.165, 1.54) is 31.0 Å². The van der Waals surface area contributed by atoms with Crippen molar-refractivity contribution >= 4 is 17.5 Å². The van der Waals surface area contributed by atoms with Crippen LogP contribution in [0.15, 0.2) is 18.2 Å². The van der Waals surface area contributed by atoms with Crippen LogP contribution in [0.2, 0.25) is 5.02 Å². The molecule has 1 aromatic rings. The number of aromatic hydroxyl groups is 1. The number of phenolic OH excluding ortho intramolecular Hbond substituents is 1. The number of hydrogen-bond acceptors (Lipinski definition) is 3. The predicted molar refractivity (Wildman–Crippen MR) is 71.1 cm³/mol. The zero-order valence-electron chi connectivity index (χ0n) is 10.1. The number of rotatable bonds is 4. The third-order valence-corrected chi connectivity index (χ3v) is 3.46. The number of phenols is 1. The van der Waals surface area contributed by atoms with Crippen molar-refractivity contribution in [3.05, 3.63) is 28.8 Å². The van der Waals surface area contributed by atoms with E-state index in [0.29, 0.717) is 23.2 Å². The number of hydrogen-bond donors (Lipinski definition) is 3. The molecule has 98 valence electrons. The highest BCUT2D eigenvalue weighted by atomic mass is 35.5. The molecular weight excluding hydrogens is 252 g/mol. The summed E-state index contributed by atoms with van der Waals surface area (Å²) < 4.78 is 0. The van der Waals surface area contributed by atoms with Gasteiger partial charge in [0.05, 0.1) is 10.6 Å². The minimum atomic E-state index is -0.242. The Bertz CT molecular complexity index is 431. The first-order valence-corrected chi connectivity index (χ1v) is 6.54. The van der Waals surface area contributed by atoms with Crippen LogP contribution in [0.3, 0.4) is 0 Å². The molecule has 0 aromatic heterocycles. The Morgan fingerprint density at radius 3 is 3.11 bits per heavy atom. The number of amides is 1. The second-order valence-electron chi connectivity index (χ2n) is 4.50. The van der Waals surface area contributed by atoms with Crippen molar-refractivity contribution in [1.82, 2.24) is 10.6 Å². The van der Waals surface area contributed by atoms with E-state index in [9.17, 15) is 9.90 Å². The summed E-state index contributed by atoms with van der Waals surface area (Å²) in [7, 11) is 0. The van der Waals surface area contributed by atoms with Crippen molar-refractivity contribution in [3.63, 3.8) is 0 Å². The smallest absolute Gasteiger partial charge is 0.252 e. The Morgan fingerprint density at radius 2 is 2.39 bits per heavy atom. The van der Waals surface area contributed by atoms with Gasteiger partial charge in [-0.1, -0.05) is 11.6 Å². The summed E-state index contributed by atoms with van der Waals surface area (Å²) in [4.78, 5) is 11.9. The van der Waals surface area contributed by atoms with E-state index in [1.807, 2.05) is 0 Å². The van der Waals surface area contributed by atoms with Gasteiger partial charge < -0.3 is 15.7 Å². The maximum atomic E-state index is 11.9. The molecule has 5 heteroatoms. The standard InChI is InChI=1S/C13H17ClN2O2/c14-12-4-3-10(17)8-11(12)13(18)16-7-5-9-2-1-6-15-9/h3-4,8-9,15,17H,1-2,5-7H2,(H,16,18). The first-order chi connectivity index (χ1) is 8.66. The van der Waals surface area contributed by atoms with Gasteiger partial charge in [-0.3, -0.25) is 4.79 Å². The lowest BCUT2D eigenvalue weighted by Crippen LogP contribution is -2.30. The van der Waals surface area contributed by atoms with Crippen molar-refractivity contribution in [1.29, 1.82) is 0 Å². The van der Waals surface area contributed by atoms with E-state index >= 15 is 0 Å². The lowest BCUT2D eigenvalue weighted by atomic mass is 10.1. The molecule has 3 N–H and O–H groups in total. The van der Waals surface area contributed by atoms with Gasteiger partial charge in [-0.05, 0) is 44.0 Å². The molecule has 1 fully saturated rings. The zero-order chi connectivity index (χ0) is 13.0. The van der Waals surface area contributed by atoms with Crippen LogP contribution in [0.5, 0.6) is 5.75 Å². The van der Waals surface area contributed by atoms with Gasteiger partial charge in [-0.25, -0.2) is 0 Å². The summed E-state index contributed by atoms with van der Waals surface area (Å²) in [5, 5.41) is 15.9. The molecule has 1 unspecified atom stereocenters. The van der Waals surface area contributed by atoms with Crippen LogP contribution in [0.1, 0.15) is 29.6 Å². The van der Waals surface area contributed by atoms with Crippen LogP contribution in [0.4, 0.5) is 0 Å². The lowest BCUT2D eigenvalue weighted by molar-refractivity contribution is 0.0952. The normalized spacial score (nSPS) is 18.8. The quantitative estimate of drug-likeness (QED) is 0.782. The maximum Gasteiger partial charge on any atom is 0.252 e. The molecule has 1 aliphatic rings. The first-order valence-electron chi connectivity index (χ1n) is 6.17. The van der Waals surface area contributed by atoms with E-state index in [2.05, 4.69) is 10.6 Å². The number of carbonyl (C=O) groups is 1. The van der Waals surface area contributed by atoms with Gasteiger partial charge in [-0.2, -0.15) is 0 Å². The second-order valence-corrected chi connectivity index (χ2v) is 4.91. The molecule has 0 bridgehead atoms. The summed E-state index contributed by atoms with van der Waals surface area (Å²) in [6, 6.07) is 4.86. The average Bonchev–Trinajstić information content (AvgIpc) is 2.85. The van der Waals surface area contributed by atoms with Crippen LogP contribution < -0.4 is 10.6 Å². The fourth-order valence-electron chi connectivity index (χ4n) is 2.15. The molecule has 0 aliphatic carbocycles. The largest absolute Gasteiger partial charge is 0.508 e. The van der Waals surface area contributed by atoms with Crippen LogP contribution in [0, 0.1) is 0 Å². The molecule has 1 aliphatic heterocycles. The Morgan fingerprint density at radius 1 is 1.56 bits per heavy atom. The van der Waals surface area contributed by atoms with Crippen molar-refractivity contribution < 1.29 is 9.90 Å². The molecule has 2 rings (SSSR count). The molecule has 0 saturated carbocycles. The predicted octanol–water partition coefficient (Wildman–Crippen LogP) is 1.92. The van der Waals surface area contributed by atoms with Gasteiger partial charge in [0.2, 0.25) is 0 Å². The van der Waals surface area contributed by atoms with Crippen molar-refractivity contribution in [2.45, 2.75) is 25.3 Å². The number of halogens is 1. The van der Waals surface area contributed by atoms with Crippen molar-refractivity contribution in [2.24, 2.45) is 0 Å². The van der Waals surface area contributed by atoms with E-state index in [1.54, 1.807) is 0 Å². The second kappa shape index (κ2) is 6.07. The molecular formula is C13H17ClN2O2. The molecule has 1 saturated heterocycles. The monoisotopic (exact) mass is 268 g/mol. The average molecular weight is 269 g/mol. The SMILES string of the molecule is O=C(NCCC1CCCN1)c1cc(O)ccc1Cl. The summed E-state index contributed by atoms with van der Waals surface area (Å²) in [6.07, 6.45) is 3.29. The minimum absolute atomic E-state index is 0.0435. The van der Waals surface area contributed by atoms with Crippen molar-refractivity contribution in [2.75, 3.05) is 13.1 Å². The highest BCUT2D eigenvalue weighted by molar-refractivity contribution is 6.33. The highest BCUT2D eigenvalue weighted by Gasteiger charge is 2.15. The highest BCUT2D eigenvalue weighted by Crippen LogP contribution is 2.20. The minimum Gasteiger partial charge on any atom is -0.508 e. The Labute approximate surface area is 111 Å². The van der Waals surface area contributed by atoms with Crippen molar-refractivity contribution in [3.8, 4) is 5.75 Å². The Hall–Kier alpha value is -1.26. The first kappa shape index (κ1) is 13.2. The van der Waals surface area contributed by atoms with E-state index in [0.717, 1.165) is 13.0 Å². The third-order valence-electron chi connectivity index (χ3n) is 3.14. The summed E-state index contributed by atoms with van der Waals surface area (Å²) in [5.41, 5.74) is 0.316. The van der Waals surface area contributed by atoms with Gasteiger partial charge in [0.25, 0.3) is 5.91 Å². The topological polar surface area (TPSA) is 61.4 Å². The molecule has 1 heterocycles. The molecule has 1 aromatic carbocycles. The van der Waals surface area contributed by atoms with Crippen LogP contribution in [0.25, 0.3) is 0 Å². The molecule has 0 radical (unpaired) electrons.